The van der Waals surface area contributed by atoms with Gasteiger partial charge >= 0.3 is 0 Å². The van der Waals surface area contributed by atoms with E-state index in [4.69, 9.17) is 27.9 Å². The van der Waals surface area contributed by atoms with Crippen LogP contribution in [0, 0.1) is 6.92 Å². The lowest BCUT2D eigenvalue weighted by Gasteiger charge is -2.10. The Morgan fingerprint density at radius 3 is 2.69 bits per heavy atom. The molecule has 0 spiro atoms. The lowest BCUT2D eigenvalue weighted by Crippen LogP contribution is -2.20. The monoisotopic (exact) mass is 388 g/mol. The lowest BCUT2D eigenvalue weighted by atomic mass is 10.1. The maximum atomic E-state index is 12.6. The van der Waals surface area contributed by atoms with Gasteiger partial charge in [-0.25, -0.2) is 0 Å². The summed E-state index contributed by atoms with van der Waals surface area (Å²) in [5, 5.41) is 9.89. The average Bonchev–Trinajstić information content (AvgIpc) is 3.03. The van der Waals surface area contributed by atoms with Crippen LogP contribution in [0.4, 0.5) is 0 Å². The first kappa shape index (κ1) is 16.9. The van der Waals surface area contributed by atoms with Gasteiger partial charge in [-0.05, 0) is 37.3 Å². The van der Waals surface area contributed by atoms with E-state index in [0.717, 1.165) is 11.1 Å². The SMILES string of the molecule is Cc1ccc2c(c1)c(=O)n(C)c1nnc(COc3ccc(Cl)cc3Cl)n21. The van der Waals surface area contributed by atoms with Crippen molar-refractivity contribution in [2.24, 2.45) is 7.05 Å². The van der Waals surface area contributed by atoms with Gasteiger partial charge in [-0.1, -0.05) is 34.8 Å². The topological polar surface area (TPSA) is 61.4 Å². The molecule has 0 saturated heterocycles. The summed E-state index contributed by atoms with van der Waals surface area (Å²) in [4.78, 5) is 12.6. The highest BCUT2D eigenvalue weighted by Crippen LogP contribution is 2.28. The standard InChI is InChI=1S/C18H14Cl2N4O2/c1-10-3-5-14-12(7-10)17(25)23(2)18-22-21-16(24(14)18)9-26-15-6-4-11(19)8-13(15)20/h3-8H,9H2,1-2H3. The van der Waals surface area contributed by atoms with E-state index in [1.807, 2.05) is 29.5 Å². The van der Waals surface area contributed by atoms with Crippen LogP contribution in [0.1, 0.15) is 11.4 Å². The van der Waals surface area contributed by atoms with Crippen molar-refractivity contribution in [2.75, 3.05) is 0 Å². The Kier molecular flexibility index (Phi) is 4.09. The van der Waals surface area contributed by atoms with Gasteiger partial charge in [-0.15, -0.1) is 10.2 Å². The zero-order valence-electron chi connectivity index (χ0n) is 14.0. The highest BCUT2D eigenvalue weighted by atomic mass is 35.5. The number of rotatable bonds is 3. The van der Waals surface area contributed by atoms with Crippen LogP contribution in [0.15, 0.2) is 41.2 Å². The summed E-state index contributed by atoms with van der Waals surface area (Å²) in [5.41, 5.74) is 1.63. The zero-order chi connectivity index (χ0) is 18.4. The minimum Gasteiger partial charge on any atom is -0.484 e. The molecule has 132 valence electrons. The molecule has 0 N–H and O–H groups in total. The number of hydrogen-bond acceptors (Lipinski definition) is 4. The molecule has 0 radical (unpaired) electrons. The predicted molar refractivity (Wildman–Crippen MR) is 101 cm³/mol. The number of hydrogen-bond donors (Lipinski definition) is 0. The van der Waals surface area contributed by atoms with Gasteiger partial charge in [-0.3, -0.25) is 13.8 Å². The second kappa shape index (κ2) is 6.30. The second-order valence-electron chi connectivity index (χ2n) is 6.00. The number of aryl methyl sites for hydroxylation is 2. The summed E-state index contributed by atoms with van der Waals surface area (Å²) < 4.78 is 9.08. The third-order valence-corrected chi connectivity index (χ3v) is 4.72. The van der Waals surface area contributed by atoms with Crippen molar-refractivity contribution in [2.45, 2.75) is 13.5 Å². The van der Waals surface area contributed by atoms with Gasteiger partial charge in [0.05, 0.1) is 15.9 Å². The van der Waals surface area contributed by atoms with Crippen molar-refractivity contribution >= 4 is 39.9 Å². The van der Waals surface area contributed by atoms with E-state index in [9.17, 15) is 4.79 Å². The van der Waals surface area contributed by atoms with Crippen molar-refractivity contribution in [1.82, 2.24) is 19.2 Å². The number of aromatic nitrogens is 4. The van der Waals surface area contributed by atoms with Crippen LogP contribution in [-0.4, -0.2) is 19.2 Å². The molecule has 0 atom stereocenters. The number of benzene rings is 2. The Morgan fingerprint density at radius 2 is 1.92 bits per heavy atom. The largest absolute Gasteiger partial charge is 0.484 e. The molecular formula is C18H14Cl2N4O2. The maximum Gasteiger partial charge on any atom is 0.262 e. The quantitative estimate of drug-likeness (QED) is 0.535. The number of nitrogens with zero attached hydrogens (tertiary/aromatic N) is 4. The molecule has 0 aliphatic carbocycles. The molecular weight excluding hydrogens is 375 g/mol. The van der Waals surface area contributed by atoms with E-state index in [-0.39, 0.29) is 12.2 Å². The first-order valence-electron chi connectivity index (χ1n) is 7.87. The summed E-state index contributed by atoms with van der Waals surface area (Å²) in [6.07, 6.45) is 0. The van der Waals surface area contributed by atoms with E-state index in [1.54, 1.807) is 25.2 Å². The van der Waals surface area contributed by atoms with Gasteiger partial charge in [0.15, 0.2) is 5.82 Å². The van der Waals surface area contributed by atoms with Crippen molar-refractivity contribution in [3.05, 3.63) is 68.2 Å². The number of halogens is 2. The van der Waals surface area contributed by atoms with Crippen LogP contribution in [0.2, 0.25) is 10.0 Å². The fourth-order valence-corrected chi connectivity index (χ4v) is 3.35. The van der Waals surface area contributed by atoms with Gasteiger partial charge < -0.3 is 4.74 Å². The molecule has 8 heteroatoms. The Hall–Kier alpha value is -2.57. The van der Waals surface area contributed by atoms with E-state index in [2.05, 4.69) is 10.2 Å². The van der Waals surface area contributed by atoms with E-state index >= 15 is 0 Å². The van der Waals surface area contributed by atoms with Crippen LogP contribution < -0.4 is 10.3 Å². The summed E-state index contributed by atoms with van der Waals surface area (Å²) in [6, 6.07) is 10.7. The molecule has 4 rings (SSSR count). The molecule has 0 bridgehead atoms. The van der Waals surface area contributed by atoms with Crippen LogP contribution >= 0.6 is 23.2 Å². The van der Waals surface area contributed by atoms with Gasteiger partial charge in [0.1, 0.15) is 12.4 Å². The Morgan fingerprint density at radius 1 is 1.12 bits per heavy atom. The molecule has 26 heavy (non-hydrogen) atoms. The molecule has 0 aliphatic heterocycles. The van der Waals surface area contributed by atoms with Crippen molar-refractivity contribution < 1.29 is 4.74 Å². The Labute approximate surface area is 158 Å². The smallest absolute Gasteiger partial charge is 0.262 e. The first-order valence-corrected chi connectivity index (χ1v) is 8.62. The number of fused-ring (bicyclic) bond motifs is 3. The Balaban J connectivity index is 1.83. The fourth-order valence-electron chi connectivity index (χ4n) is 2.89. The van der Waals surface area contributed by atoms with Crippen LogP contribution in [0.3, 0.4) is 0 Å². The molecule has 4 aromatic rings. The van der Waals surface area contributed by atoms with Gasteiger partial charge in [0, 0.05) is 12.1 Å². The fraction of sp³-hybridized carbons (Fsp3) is 0.167. The molecule has 2 heterocycles. The van der Waals surface area contributed by atoms with Crippen molar-refractivity contribution in [3.8, 4) is 5.75 Å². The van der Waals surface area contributed by atoms with Crippen LogP contribution in [-0.2, 0) is 13.7 Å². The van der Waals surface area contributed by atoms with E-state index in [1.165, 1.54) is 4.57 Å². The summed E-state index contributed by atoms with van der Waals surface area (Å²) in [5.74, 6) is 1.51. The summed E-state index contributed by atoms with van der Waals surface area (Å²) >= 11 is 12.1. The second-order valence-corrected chi connectivity index (χ2v) is 6.84. The van der Waals surface area contributed by atoms with Crippen LogP contribution in [0.5, 0.6) is 5.75 Å². The molecule has 0 saturated carbocycles. The number of ether oxygens (including phenoxy) is 1. The summed E-state index contributed by atoms with van der Waals surface area (Å²) in [6.45, 7) is 2.09. The molecule has 0 amide bonds. The normalized spacial score (nSPS) is 11.4. The molecule has 0 unspecified atom stereocenters. The molecule has 6 nitrogen and oxygen atoms in total. The highest BCUT2D eigenvalue weighted by molar-refractivity contribution is 6.35. The zero-order valence-corrected chi connectivity index (χ0v) is 15.5. The minimum absolute atomic E-state index is 0.114. The third-order valence-electron chi connectivity index (χ3n) is 4.19. The van der Waals surface area contributed by atoms with Gasteiger partial charge in [-0.2, -0.15) is 0 Å². The summed E-state index contributed by atoms with van der Waals surface area (Å²) in [7, 11) is 1.68. The van der Waals surface area contributed by atoms with Crippen LogP contribution in [0.25, 0.3) is 16.7 Å². The van der Waals surface area contributed by atoms with Gasteiger partial charge in [0.25, 0.3) is 5.56 Å². The van der Waals surface area contributed by atoms with Gasteiger partial charge in [0.2, 0.25) is 5.78 Å². The third kappa shape index (κ3) is 2.71. The van der Waals surface area contributed by atoms with E-state index in [0.29, 0.717) is 32.8 Å². The molecule has 0 aliphatic rings. The van der Waals surface area contributed by atoms with E-state index < -0.39 is 0 Å². The van der Waals surface area contributed by atoms with Crippen molar-refractivity contribution in [1.29, 1.82) is 0 Å². The lowest BCUT2D eigenvalue weighted by molar-refractivity contribution is 0.295. The Bertz CT molecular complexity index is 1210. The first-order chi connectivity index (χ1) is 12.5. The molecule has 2 aromatic carbocycles. The predicted octanol–water partition coefficient (Wildman–Crippen LogP) is 3.78. The molecule has 2 aromatic heterocycles. The molecule has 0 fully saturated rings. The average molecular weight is 389 g/mol. The maximum absolute atomic E-state index is 12.6. The van der Waals surface area contributed by atoms with Crippen molar-refractivity contribution in [3.63, 3.8) is 0 Å². The minimum atomic E-state index is -0.114. The highest BCUT2D eigenvalue weighted by Gasteiger charge is 2.15.